The van der Waals surface area contributed by atoms with Crippen LogP contribution in [0.5, 0.6) is 17.4 Å². The summed E-state index contributed by atoms with van der Waals surface area (Å²) >= 11 is 0. The van der Waals surface area contributed by atoms with Gasteiger partial charge in [-0.2, -0.15) is 0 Å². The fourth-order valence-electron chi connectivity index (χ4n) is 2.48. The van der Waals surface area contributed by atoms with E-state index in [0.29, 0.717) is 35.8 Å². The van der Waals surface area contributed by atoms with Crippen LogP contribution in [0, 0.1) is 0 Å². The number of ether oxygens (including phenoxy) is 2. The molecule has 2 N–H and O–H groups in total. The zero-order chi connectivity index (χ0) is 18.4. The Kier molecular flexibility index (Phi) is 6.66. The van der Waals surface area contributed by atoms with Crippen LogP contribution in [0.3, 0.4) is 0 Å². The highest BCUT2D eigenvalue weighted by atomic mass is 16.5. The normalized spacial score (nSPS) is 12.4. The molecule has 0 bridgehead atoms. The Morgan fingerprint density at radius 2 is 2.08 bits per heavy atom. The standard InChI is InChI=1S/C18H26N2O5/c1-5-6-9-24-18-16(15(25-19-18)11-20(2)3)17(22)13-8-7-12(21)10-14(13)23-4/h7-8,10,17,21-22H,5-6,9,11H2,1-4H3/t17-/m1/s1. The maximum Gasteiger partial charge on any atom is 0.260 e. The van der Waals surface area contributed by atoms with Gasteiger partial charge in [0.05, 0.1) is 25.8 Å². The number of nitrogens with zero attached hydrogens (tertiary/aromatic N) is 2. The molecule has 0 fully saturated rings. The van der Waals surface area contributed by atoms with Crippen molar-refractivity contribution >= 4 is 0 Å². The molecular weight excluding hydrogens is 324 g/mol. The molecule has 0 unspecified atom stereocenters. The molecule has 0 aliphatic rings. The molecular formula is C18H26N2O5. The number of rotatable bonds is 9. The molecule has 1 aromatic heterocycles. The molecule has 0 saturated heterocycles. The highest BCUT2D eigenvalue weighted by Crippen LogP contribution is 2.38. The third-order valence-electron chi connectivity index (χ3n) is 3.75. The largest absolute Gasteiger partial charge is 0.508 e. The average molecular weight is 350 g/mol. The van der Waals surface area contributed by atoms with E-state index in [1.165, 1.54) is 19.2 Å². The predicted molar refractivity (Wildman–Crippen MR) is 93.0 cm³/mol. The monoisotopic (exact) mass is 350 g/mol. The number of unbranched alkanes of at least 4 members (excludes halogenated alkanes) is 1. The van der Waals surface area contributed by atoms with Gasteiger partial charge in [0.2, 0.25) is 0 Å². The Morgan fingerprint density at radius 1 is 1.32 bits per heavy atom. The molecule has 1 heterocycles. The zero-order valence-corrected chi connectivity index (χ0v) is 15.2. The lowest BCUT2D eigenvalue weighted by Crippen LogP contribution is -2.14. The van der Waals surface area contributed by atoms with Gasteiger partial charge in [0.15, 0.2) is 5.76 Å². The van der Waals surface area contributed by atoms with Crippen molar-refractivity contribution in [2.75, 3.05) is 27.8 Å². The van der Waals surface area contributed by atoms with Crippen LogP contribution >= 0.6 is 0 Å². The second-order valence-corrected chi connectivity index (χ2v) is 6.09. The number of methoxy groups -OCH3 is 1. The number of phenolic OH excluding ortho intramolecular Hbond substituents is 1. The number of phenols is 1. The Hall–Kier alpha value is -2.25. The molecule has 1 atom stereocenters. The van der Waals surface area contributed by atoms with Crippen LogP contribution in [-0.4, -0.2) is 48.1 Å². The van der Waals surface area contributed by atoms with E-state index in [0.717, 1.165) is 12.8 Å². The van der Waals surface area contributed by atoms with Crippen LogP contribution < -0.4 is 9.47 Å². The molecule has 25 heavy (non-hydrogen) atoms. The second kappa shape index (κ2) is 8.73. The van der Waals surface area contributed by atoms with E-state index in [4.69, 9.17) is 14.0 Å². The van der Waals surface area contributed by atoms with E-state index in [-0.39, 0.29) is 11.6 Å². The van der Waals surface area contributed by atoms with E-state index < -0.39 is 6.10 Å². The van der Waals surface area contributed by atoms with E-state index in [1.807, 2.05) is 19.0 Å². The number of aliphatic hydroxyl groups excluding tert-OH is 1. The third-order valence-corrected chi connectivity index (χ3v) is 3.75. The molecule has 0 spiro atoms. The lowest BCUT2D eigenvalue weighted by molar-refractivity contribution is 0.201. The summed E-state index contributed by atoms with van der Waals surface area (Å²) < 4.78 is 16.4. The summed E-state index contributed by atoms with van der Waals surface area (Å²) in [5.74, 6) is 1.25. The fraction of sp³-hybridized carbons (Fsp3) is 0.500. The first kappa shape index (κ1) is 19.1. The highest BCUT2D eigenvalue weighted by molar-refractivity contribution is 5.47. The van der Waals surface area contributed by atoms with Crippen LogP contribution in [0.2, 0.25) is 0 Å². The fourth-order valence-corrected chi connectivity index (χ4v) is 2.48. The van der Waals surface area contributed by atoms with Crippen LogP contribution in [0.15, 0.2) is 22.7 Å². The van der Waals surface area contributed by atoms with Crippen molar-refractivity contribution in [1.29, 1.82) is 0 Å². The van der Waals surface area contributed by atoms with Gasteiger partial charge >= 0.3 is 0 Å². The number of hydrogen-bond donors (Lipinski definition) is 2. The van der Waals surface area contributed by atoms with Gasteiger partial charge < -0.3 is 29.1 Å². The molecule has 7 nitrogen and oxygen atoms in total. The van der Waals surface area contributed by atoms with Gasteiger partial charge in [-0.3, -0.25) is 0 Å². The summed E-state index contributed by atoms with van der Waals surface area (Å²) in [6.45, 7) is 3.04. The van der Waals surface area contributed by atoms with Gasteiger partial charge in [0.1, 0.15) is 17.6 Å². The predicted octanol–water partition coefficient (Wildman–Crippen LogP) is 2.71. The summed E-state index contributed by atoms with van der Waals surface area (Å²) in [4.78, 5) is 1.92. The minimum Gasteiger partial charge on any atom is -0.508 e. The van der Waals surface area contributed by atoms with Gasteiger partial charge in [0, 0.05) is 11.6 Å². The van der Waals surface area contributed by atoms with Crippen molar-refractivity contribution in [2.45, 2.75) is 32.4 Å². The summed E-state index contributed by atoms with van der Waals surface area (Å²) in [5.41, 5.74) is 0.984. The number of benzene rings is 1. The van der Waals surface area contributed by atoms with Crippen molar-refractivity contribution in [1.82, 2.24) is 10.1 Å². The molecule has 2 aromatic rings. The quantitative estimate of drug-likeness (QED) is 0.672. The molecule has 0 aliphatic heterocycles. The van der Waals surface area contributed by atoms with E-state index >= 15 is 0 Å². The van der Waals surface area contributed by atoms with Crippen molar-refractivity contribution in [3.8, 4) is 17.4 Å². The molecule has 1 aromatic carbocycles. The van der Waals surface area contributed by atoms with Gasteiger partial charge in [-0.05, 0) is 37.8 Å². The number of aliphatic hydroxyl groups is 1. The van der Waals surface area contributed by atoms with Crippen LogP contribution in [-0.2, 0) is 6.54 Å². The minimum atomic E-state index is -1.05. The molecule has 0 amide bonds. The Bertz CT molecular complexity index is 684. The number of aromatic nitrogens is 1. The topological polar surface area (TPSA) is 88.2 Å². The van der Waals surface area contributed by atoms with Gasteiger partial charge in [-0.15, -0.1) is 0 Å². The maximum absolute atomic E-state index is 11.0. The molecule has 138 valence electrons. The van der Waals surface area contributed by atoms with E-state index in [9.17, 15) is 10.2 Å². The average Bonchev–Trinajstić information content (AvgIpc) is 2.96. The first-order chi connectivity index (χ1) is 12.0. The molecule has 0 aliphatic carbocycles. The molecule has 2 rings (SSSR count). The molecule has 0 saturated carbocycles. The van der Waals surface area contributed by atoms with Gasteiger partial charge in [0.25, 0.3) is 5.88 Å². The SMILES string of the molecule is CCCCOc1noc(CN(C)C)c1[C@H](O)c1ccc(O)cc1OC. The van der Waals surface area contributed by atoms with Gasteiger partial charge in [-0.1, -0.05) is 13.3 Å². The summed E-state index contributed by atoms with van der Waals surface area (Å²) in [5, 5.41) is 24.6. The van der Waals surface area contributed by atoms with E-state index in [2.05, 4.69) is 12.1 Å². The van der Waals surface area contributed by atoms with Crippen molar-refractivity contribution in [3.63, 3.8) is 0 Å². The lowest BCUT2D eigenvalue weighted by Gasteiger charge is -2.17. The van der Waals surface area contributed by atoms with Crippen molar-refractivity contribution < 1.29 is 24.2 Å². The third kappa shape index (κ3) is 4.64. The minimum absolute atomic E-state index is 0.0612. The summed E-state index contributed by atoms with van der Waals surface area (Å²) in [7, 11) is 5.28. The first-order valence-electron chi connectivity index (χ1n) is 8.28. The molecule has 7 heteroatoms. The van der Waals surface area contributed by atoms with Crippen LogP contribution in [0.4, 0.5) is 0 Å². The van der Waals surface area contributed by atoms with Gasteiger partial charge in [-0.25, -0.2) is 0 Å². The smallest absolute Gasteiger partial charge is 0.260 e. The summed E-state index contributed by atoms with van der Waals surface area (Å²) in [6, 6.07) is 4.56. The first-order valence-corrected chi connectivity index (χ1v) is 8.28. The van der Waals surface area contributed by atoms with Crippen molar-refractivity contribution in [3.05, 3.63) is 35.1 Å². The second-order valence-electron chi connectivity index (χ2n) is 6.09. The Balaban J connectivity index is 2.41. The van der Waals surface area contributed by atoms with Crippen LogP contribution in [0.1, 0.15) is 42.8 Å². The number of hydrogen-bond acceptors (Lipinski definition) is 7. The zero-order valence-electron chi connectivity index (χ0n) is 15.2. The highest BCUT2D eigenvalue weighted by Gasteiger charge is 2.28. The van der Waals surface area contributed by atoms with E-state index in [1.54, 1.807) is 6.07 Å². The number of aromatic hydroxyl groups is 1. The Morgan fingerprint density at radius 3 is 2.72 bits per heavy atom. The molecule has 0 radical (unpaired) electrons. The van der Waals surface area contributed by atoms with Crippen LogP contribution in [0.25, 0.3) is 0 Å². The van der Waals surface area contributed by atoms with Crippen molar-refractivity contribution in [2.24, 2.45) is 0 Å². The lowest BCUT2D eigenvalue weighted by atomic mass is 10.0. The Labute approximate surface area is 147 Å². The summed E-state index contributed by atoms with van der Waals surface area (Å²) in [6.07, 6.45) is 0.827. The maximum atomic E-state index is 11.0.